The SMILES string of the molecule is CN(C(C)(C)C)S(C)(I)N(C)C(C)(C)C. The molecule has 0 atom stereocenters. The molecule has 4 heteroatoms. The fourth-order valence-electron chi connectivity index (χ4n) is 1.18. The van der Waals surface area contributed by atoms with Crippen LogP contribution in [0.2, 0.25) is 0 Å². The fraction of sp³-hybridized carbons (Fsp3) is 1.00. The predicted molar refractivity (Wildman–Crippen MR) is 82.6 cm³/mol. The first-order valence-corrected chi connectivity index (χ1v) is 9.77. The van der Waals surface area contributed by atoms with Gasteiger partial charge in [-0.05, 0) is 61.9 Å². The minimum absolute atomic E-state index is 0.213. The molecule has 0 fully saturated rings. The maximum Gasteiger partial charge on any atom is 0.0228 e. The number of rotatable bonds is 2. The van der Waals surface area contributed by atoms with Crippen LogP contribution in [-0.2, 0) is 0 Å². The fourth-order valence-corrected chi connectivity index (χ4v) is 7.10. The van der Waals surface area contributed by atoms with Gasteiger partial charge in [0.2, 0.25) is 0 Å². The molecule has 0 saturated carbocycles. The van der Waals surface area contributed by atoms with Crippen molar-refractivity contribution in [2.24, 2.45) is 0 Å². The number of nitrogens with zero attached hydrogens (tertiary/aromatic N) is 2. The summed E-state index contributed by atoms with van der Waals surface area (Å²) in [5, 5.41) is 0. The molecule has 0 aliphatic heterocycles. The third kappa shape index (κ3) is 4.06. The molecular weight excluding hydrogens is 319 g/mol. The molecule has 94 valence electrons. The monoisotopic (exact) mass is 346 g/mol. The van der Waals surface area contributed by atoms with Crippen LogP contribution in [0.3, 0.4) is 0 Å². The van der Waals surface area contributed by atoms with E-state index in [0.29, 0.717) is 0 Å². The lowest BCUT2D eigenvalue weighted by molar-refractivity contribution is 0.263. The molecule has 0 aromatic carbocycles. The van der Waals surface area contributed by atoms with E-state index in [4.69, 9.17) is 0 Å². The topological polar surface area (TPSA) is 6.48 Å². The minimum Gasteiger partial charge on any atom is -0.246 e. The van der Waals surface area contributed by atoms with Crippen molar-refractivity contribution in [1.82, 2.24) is 8.61 Å². The van der Waals surface area contributed by atoms with E-state index in [1.54, 1.807) is 0 Å². The average molecular weight is 346 g/mol. The van der Waals surface area contributed by atoms with Gasteiger partial charge >= 0.3 is 0 Å². The van der Waals surface area contributed by atoms with E-state index in [0.717, 1.165) is 0 Å². The van der Waals surface area contributed by atoms with Crippen LogP contribution in [0.4, 0.5) is 0 Å². The second-order valence-electron chi connectivity index (χ2n) is 6.08. The van der Waals surface area contributed by atoms with E-state index >= 15 is 0 Å². The van der Waals surface area contributed by atoms with E-state index in [1.165, 1.54) is 0 Å². The highest BCUT2D eigenvalue weighted by molar-refractivity contribution is 14.2. The largest absolute Gasteiger partial charge is 0.246 e. The second kappa shape index (κ2) is 4.70. The van der Waals surface area contributed by atoms with Gasteiger partial charge in [-0.25, -0.2) is 8.61 Å². The van der Waals surface area contributed by atoms with Crippen molar-refractivity contribution >= 4 is 28.8 Å². The highest BCUT2D eigenvalue weighted by atomic mass is 127. The van der Waals surface area contributed by atoms with Gasteiger partial charge < -0.3 is 0 Å². The molecule has 15 heavy (non-hydrogen) atoms. The Labute approximate surface area is 110 Å². The molecule has 0 heterocycles. The highest BCUT2D eigenvalue weighted by Gasteiger charge is 2.37. The summed E-state index contributed by atoms with van der Waals surface area (Å²) in [6.45, 7) is 13.6. The molecule has 0 spiro atoms. The third-order valence-electron chi connectivity index (χ3n) is 2.89. The Bertz CT molecular complexity index is 194. The molecule has 0 aliphatic carbocycles. The van der Waals surface area contributed by atoms with Crippen LogP contribution in [0.25, 0.3) is 0 Å². The lowest BCUT2D eigenvalue weighted by Crippen LogP contribution is -2.48. The molecule has 0 rings (SSSR count). The number of hydrogen-bond donors (Lipinski definition) is 0. The minimum atomic E-state index is -0.918. The van der Waals surface area contributed by atoms with Gasteiger partial charge in [-0.3, -0.25) is 0 Å². The molecule has 0 unspecified atom stereocenters. The van der Waals surface area contributed by atoms with Crippen molar-refractivity contribution in [2.75, 3.05) is 20.4 Å². The zero-order valence-corrected chi connectivity index (χ0v) is 14.7. The smallest absolute Gasteiger partial charge is 0.0228 e. The maximum atomic E-state index is 2.61. The van der Waals surface area contributed by atoms with E-state index in [9.17, 15) is 0 Å². The Morgan fingerprint density at radius 2 is 1.00 bits per heavy atom. The van der Waals surface area contributed by atoms with Gasteiger partial charge in [-0.15, -0.1) is 0 Å². The quantitative estimate of drug-likeness (QED) is 0.696. The van der Waals surface area contributed by atoms with Crippen LogP contribution in [0.1, 0.15) is 41.5 Å². The lowest BCUT2D eigenvalue weighted by Gasteiger charge is -2.55. The summed E-state index contributed by atoms with van der Waals surface area (Å²) in [4.78, 5) is 0. The number of halogens is 1. The van der Waals surface area contributed by atoms with Crippen molar-refractivity contribution in [3.63, 3.8) is 0 Å². The second-order valence-corrected chi connectivity index (χ2v) is 13.7. The van der Waals surface area contributed by atoms with E-state index < -0.39 is 7.57 Å². The highest BCUT2D eigenvalue weighted by Crippen LogP contribution is 2.62. The Morgan fingerprint density at radius 1 is 0.800 bits per heavy atom. The van der Waals surface area contributed by atoms with Crippen molar-refractivity contribution < 1.29 is 0 Å². The van der Waals surface area contributed by atoms with Crippen LogP contribution in [0, 0.1) is 0 Å². The van der Waals surface area contributed by atoms with Crippen molar-refractivity contribution in [1.29, 1.82) is 0 Å². The van der Waals surface area contributed by atoms with Gasteiger partial charge in [0.1, 0.15) is 0 Å². The van der Waals surface area contributed by atoms with Crippen LogP contribution in [-0.4, -0.2) is 40.0 Å². The van der Waals surface area contributed by atoms with Crippen LogP contribution in [0.15, 0.2) is 0 Å². The first-order valence-electron chi connectivity index (χ1n) is 5.27. The molecule has 0 N–H and O–H groups in total. The average Bonchev–Trinajstić information content (AvgIpc) is 1.98. The molecule has 0 bridgehead atoms. The van der Waals surface area contributed by atoms with E-state index in [2.05, 4.69) is 91.7 Å². The van der Waals surface area contributed by atoms with Gasteiger partial charge in [0.05, 0.1) is 0 Å². The predicted octanol–water partition coefficient (Wildman–Crippen LogP) is 4.06. The summed E-state index contributed by atoms with van der Waals surface area (Å²) in [5.74, 6) is 0. The van der Waals surface area contributed by atoms with E-state index in [1.807, 2.05) is 0 Å². The molecule has 0 aromatic heterocycles. The summed E-state index contributed by atoms with van der Waals surface area (Å²) in [5.41, 5.74) is 0.426. The normalized spacial score (nSPS) is 16.3. The molecule has 2 nitrogen and oxygen atoms in total. The molecule has 0 aliphatic rings. The summed E-state index contributed by atoms with van der Waals surface area (Å²) >= 11 is 2.61. The Morgan fingerprint density at radius 3 is 1.13 bits per heavy atom. The Balaban J connectivity index is 4.98. The van der Waals surface area contributed by atoms with Crippen molar-refractivity contribution in [3.05, 3.63) is 0 Å². The lowest BCUT2D eigenvalue weighted by atomic mass is 10.1. The molecule has 0 radical (unpaired) electrons. The van der Waals surface area contributed by atoms with Crippen LogP contribution in [0.5, 0.6) is 0 Å². The van der Waals surface area contributed by atoms with Gasteiger partial charge in [-0.2, -0.15) is 0 Å². The van der Waals surface area contributed by atoms with Gasteiger partial charge in [0.15, 0.2) is 0 Å². The summed E-state index contributed by atoms with van der Waals surface area (Å²) in [6, 6.07) is 0. The molecule has 0 amide bonds. The molecule has 0 saturated heterocycles. The van der Waals surface area contributed by atoms with Crippen molar-refractivity contribution in [3.8, 4) is 0 Å². The zero-order valence-electron chi connectivity index (χ0n) is 11.7. The van der Waals surface area contributed by atoms with Gasteiger partial charge in [0, 0.05) is 32.3 Å². The molecule has 0 aromatic rings. The van der Waals surface area contributed by atoms with Gasteiger partial charge in [0.25, 0.3) is 0 Å². The van der Waals surface area contributed by atoms with Crippen molar-refractivity contribution in [2.45, 2.75) is 52.6 Å². The van der Waals surface area contributed by atoms with Crippen LogP contribution >= 0.6 is 28.8 Å². The Hall–Kier alpha value is 1.00. The first-order chi connectivity index (χ1) is 6.31. The maximum absolute atomic E-state index is 2.61. The summed E-state index contributed by atoms with van der Waals surface area (Å²) < 4.78 is 4.98. The third-order valence-corrected chi connectivity index (χ3v) is 9.53. The standard InChI is InChI=1S/C11H27IN2S/c1-10(2,3)13(7)15(9,12)14(8)11(4,5)6/h1-9H3. The van der Waals surface area contributed by atoms with E-state index in [-0.39, 0.29) is 11.1 Å². The number of hydrogen-bond acceptors (Lipinski definition) is 2. The van der Waals surface area contributed by atoms with Gasteiger partial charge in [-0.1, -0.05) is 7.57 Å². The first kappa shape index (κ1) is 16.0. The Kier molecular flexibility index (Phi) is 5.02. The summed E-state index contributed by atoms with van der Waals surface area (Å²) in [7, 11) is 3.53. The zero-order chi connectivity index (χ0) is 12.7. The molecular formula is C11H27IN2S. The summed E-state index contributed by atoms with van der Waals surface area (Å²) in [6.07, 6.45) is 2.35. The van der Waals surface area contributed by atoms with Crippen LogP contribution < -0.4 is 0 Å².